The molecule has 1 fully saturated rings. The highest BCUT2D eigenvalue weighted by Crippen LogP contribution is 2.39. The van der Waals surface area contributed by atoms with Crippen LogP contribution in [0.15, 0.2) is 66.7 Å². The summed E-state index contributed by atoms with van der Waals surface area (Å²) in [7, 11) is 0. The smallest absolute Gasteiger partial charge is 0.190 e. The van der Waals surface area contributed by atoms with Crippen molar-refractivity contribution in [3.05, 3.63) is 83.4 Å². The summed E-state index contributed by atoms with van der Waals surface area (Å²) in [5.74, 6) is -0.578. The lowest BCUT2D eigenvalue weighted by Gasteiger charge is -2.32. The topological polar surface area (TPSA) is 27.1 Å². The molecule has 3 nitrogen and oxygen atoms in total. The molecule has 0 N–H and O–H groups in total. The Balaban J connectivity index is 1.61. The number of fused-ring (bicyclic) bond motifs is 1. The van der Waals surface area contributed by atoms with Crippen LogP contribution in [-0.2, 0) is 0 Å². The third-order valence-corrected chi connectivity index (χ3v) is 6.79. The van der Waals surface area contributed by atoms with Gasteiger partial charge in [-0.25, -0.2) is 13.8 Å². The first kappa shape index (κ1) is 21.9. The van der Waals surface area contributed by atoms with Crippen LogP contribution in [0.5, 0.6) is 5.75 Å². The van der Waals surface area contributed by atoms with Crippen molar-refractivity contribution < 1.29 is 13.5 Å². The first-order valence-corrected chi connectivity index (χ1v) is 11.8. The van der Waals surface area contributed by atoms with Gasteiger partial charge in [-0.2, -0.15) is 0 Å². The van der Waals surface area contributed by atoms with Crippen molar-refractivity contribution >= 4 is 22.6 Å². The predicted octanol–water partition coefficient (Wildman–Crippen LogP) is 7.84. The third kappa shape index (κ3) is 4.47. The quantitative estimate of drug-likeness (QED) is 0.289. The van der Waals surface area contributed by atoms with Crippen molar-refractivity contribution in [2.24, 2.45) is 5.92 Å². The third-order valence-electron chi connectivity index (χ3n) is 6.54. The Labute approximate surface area is 197 Å². The average Bonchev–Trinajstić information content (AvgIpc) is 3.21. The first-order valence-electron chi connectivity index (χ1n) is 11.4. The maximum atomic E-state index is 14.3. The van der Waals surface area contributed by atoms with Crippen molar-refractivity contribution in [1.82, 2.24) is 9.55 Å². The van der Waals surface area contributed by atoms with Crippen LogP contribution in [0.25, 0.3) is 22.4 Å². The lowest BCUT2D eigenvalue weighted by Crippen LogP contribution is -2.28. The van der Waals surface area contributed by atoms with E-state index in [4.69, 9.17) is 21.3 Å². The summed E-state index contributed by atoms with van der Waals surface area (Å²) in [5.41, 5.74) is 2.80. The fraction of sp³-hybridized carbons (Fsp3) is 0.296. The van der Waals surface area contributed by atoms with Crippen molar-refractivity contribution in [1.29, 1.82) is 0 Å². The van der Waals surface area contributed by atoms with E-state index in [9.17, 15) is 8.78 Å². The molecule has 0 amide bonds. The molecular formula is C27H25ClF2N2O. The summed E-state index contributed by atoms with van der Waals surface area (Å²) >= 11 is 6.13. The van der Waals surface area contributed by atoms with E-state index < -0.39 is 11.6 Å². The second kappa shape index (κ2) is 9.52. The van der Waals surface area contributed by atoms with Gasteiger partial charge in [0.05, 0.1) is 17.1 Å². The molecule has 1 aliphatic carbocycles. The second-order valence-electron chi connectivity index (χ2n) is 8.63. The number of hydrogen-bond donors (Lipinski definition) is 0. The molecule has 0 spiro atoms. The van der Waals surface area contributed by atoms with Crippen LogP contribution in [0.2, 0.25) is 5.02 Å². The summed E-state index contributed by atoms with van der Waals surface area (Å²) in [6.45, 7) is 0.156. The zero-order valence-electron chi connectivity index (χ0n) is 18.2. The summed E-state index contributed by atoms with van der Waals surface area (Å²) < 4.78 is 36.7. The van der Waals surface area contributed by atoms with Gasteiger partial charge in [-0.15, -0.1) is 0 Å². The Morgan fingerprint density at radius 3 is 2.33 bits per heavy atom. The number of para-hydroxylation sites is 3. The van der Waals surface area contributed by atoms with E-state index in [1.165, 1.54) is 24.6 Å². The van der Waals surface area contributed by atoms with Crippen molar-refractivity contribution in [3.8, 4) is 17.1 Å². The lowest BCUT2D eigenvalue weighted by molar-refractivity contribution is 0.162. The molecule has 6 heteroatoms. The number of ether oxygens (including phenoxy) is 1. The predicted molar refractivity (Wildman–Crippen MR) is 128 cm³/mol. The summed E-state index contributed by atoms with van der Waals surface area (Å²) in [4.78, 5) is 4.93. The molecule has 0 aliphatic heterocycles. The Kier molecular flexibility index (Phi) is 6.32. The number of nitrogens with zero attached hydrogens (tertiary/aromatic N) is 2. The Morgan fingerprint density at radius 2 is 1.61 bits per heavy atom. The molecular weight excluding hydrogens is 442 g/mol. The van der Waals surface area contributed by atoms with E-state index in [1.807, 2.05) is 48.5 Å². The second-order valence-corrected chi connectivity index (χ2v) is 9.06. The average molecular weight is 467 g/mol. The number of benzene rings is 3. The molecule has 170 valence electrons. The Hall–Kier alpha value is -2.92. The molecule has 1 aromatic heterocycles. The molecule has 1 atom stereocenters. The van der Waals surface area contributed by atoms with Gasteiger partial charge in [0.25, 0.3) is 0 Å². The van der Waals surface area contributed by atoms with Crippen LogP contribution in [0, 0.1) is 17.6 Å². The normalized spacial score (nSPS) is 15.6. The number of halogens is 3. The Bertz CT molecular complexity index is 1230. The van der Waals surface area contributed by atoms with Gasteiger partial charge >= 0.3 is 0 Å². The fourth-order valence-corrected chi connectivity index (χ4v) is 5.04. The number of imidazole rings is 1. The zero-order chi connectivity index (χ0) is 22.8. The maximum Gasteiger partial charge on any atom is 0.190 e. The summed E-state index contributed by atoms with van der Waals surface area (Å²) in [6.07, 6.45) is 5.57. The van der Waals surface area contributed by atoms with Crippen LogP contribution >= 0.6 is 11.6 Å². The first-order chi connectivity index (χ1) is 16.1. The van der Waals surface area contributed by atoms with Gasteiger partial charge < -0.3 is 9.30 Å². The van der Waals surface area contributed by atoms with E-state index in [2.05, 4.69) is 4.57 Å². The van der Waals surface area contributed by atoms with E-state index in [0.717, 1.165) is 48.1 Å². The Morgan fingerprint density at radius 1 is 0.909 bits per heavy atom. The molecule has 4 aromatic rings. The van der Waals surface area contributed by atoms with E-state index >= 15 is 0 Å². The van der Waals surface area contributed by atoms with Gasteiger partial charge in [0.15, 0.2) is 17.4 Å². The van der Waals surface area contributed by atoms with Crippen LogP contribution in [0.4, 0.5) is 8.78 Å². The minimum Gasteiger partial charge on any atom is -0.485 e. The van der Waals surface area contributed by atoms with Crippen LogP contribution in [-0.4, -0.2) is 16.2 Å². The molecule has 5 rings (SSSR count). The van der Waals surface area contributed by atoms with Crippen LogP contribution < -0.4 is 4.74 Å². The molecule has 0 radical (unpaired) electrons. The molecule has 1 aliphatic rings. The number of rotatable bonds is 6. The van der Waals surface area contributed by atoms with Gasteiger partial charge in [0.1, 0.15) is 12.4 Å². The highest BCUT2D eigenvalue weighted by molar-refractivity contribution is 6.30. The largest absolute Gasteiger partial charge is 0.485 e. The van der Waals surface area contributed by atoms with E-state index in [1.54, 1.807) is 0 Å². The SMILES string of the molecule is Fc1cccc(F)c1OCC(C1CCCCC1)n1c(-c2ccc(Cl)cc2)nc2ccccc21. The molecule has 1 heterocycles. The van der Waals surface area contributed by atoms with Crippen molar-refractivity contribution in [2.45, 2.75) is 38.1 Å². The van der Waals surface area contributed by atoms with Gasteiger partial charge in [0, 0.05) is 10.6 Å². The van der Waals surface area contributed by atoms with Gasteiger partial charge in [-0.3, -0.25) is 0 Å². The summed E-state index contributed by atoms with van der Waals surface area (Å²) in [5, 5.41) is 0.656. The number of aromatic nitrogens is 2. The number of hydrogen-bond acceptors (Lipinski definition) is 2. The minimum atomic E-state index is -0.689. The van der Waals surface area contributed by atoms with Crippen LogP contribution in [0.1, 0.15) is 38.1 Å². The van der Waals surface area contributed by atoms with Gasteiger partial charge in [0.2, 0.25) is 0 Å². The highest BCUT2D eigenvalue weighted by atomic mass is 35.5. The van der Waals surface area contributed by atoms with Crippen molar-refractivity contribution in [3.63, 3.8) is 0 Å². The molecule has 3 aromatic carbocycles. The monoisotopic (exact) mass is 466 g/mol. The van der Waals surface area contributed by atoms with E-state index in [-0.39, 0.29) is 18.4 Å². The standard InChI is InChI=1S/C27H25ClF2N2O/c28-20-15-13-19(14-16-20)27-31-23-11-4-5-12-24(23)32(27)25(18-7-2-1-3-8-18)17-33-26-21(29)9-6-10-22(26)30/h4-6,9-16,18,25H,1-3,7-8,17H2. The minimum absolute atomic E-state index is 0.123. The van der Waals surface area contributed by atoms with Gasteiger partial charge in [-0.05, 0) is 67.3 Å². The lowest BCUT2D eigenvalue weighted by atomic mass is 9.83. The highest BCUT2D eigenvalue weighted by Gasteiger charge is 2.30. The summed E-state index contributed by atoms with van der Waals surface area (Å²) in [6, 6.07) is 19.3. The molecule has 0 bridgehead atoms. The fourth-order valence-electron chi connectivity index (χ4n) is 4.91. The maximum absolute atomic E-state index is 14.3. The zero-order valence-corrected chi connectivity index (χ0v) is 18.9. The molecule has 0 saturated heterocycles. The molecule has 1 saturated carbocycles. The van der Waals surface area contributed by atoms with Crippen molar-refractivity contribution in [2.75, 3.05) is 6.61 Å². The molecule has 33 heavy (non-hydrogen) atoms. The van der Waals surface area contributed by atoms with Gasteiger partial charge in [-0.1, -0.05) is 49.1 Å². The van der Waals surface area contributed by atoms with E-state index in [0.29, 0.717) is 10.9 Å². The molecule has 1 unspecified atom stereocenters. The van der Waals surface area contributed by atoms with Crippen LogP contribution in [0.3, 0.4) is 0 Å².